The third kappa shape index (κ3) is 4.35. The predicted octanol–water partition coefficient (Wildman–Crippen LogP) is 4.69. The lowest BCUT2D eigenvalue weighted by atomic mass is 9.92. The molecule has 0 aliphatic carbocycles. The van der Waals surface area contributed by atoms with E-state index in [1.54, 1.807) is 42.5 Å². The first kappa shape index (κ1) is 19.1. The zero-order valence-electron chi connectivity index (χ0n) is 15.7. The third-order valence-corrected chi connectivity index (χ3v) is 3.97. The van der Waals surface area contributed by atoms with E-state index in [-0.39, 0.29) is 11.1 Å². The fourth-order valence-corrected chi connectivity index (χ4v) is 2.47. The Morgan fingerprint density at radius 1 is 1.11 bits per heavy atom. The van der Waals surface area contributed by atoms with E-state index in [2.05, 4.69) is 10.4 Å². The summed E-state index contributed by atoms with van der Waals surface area (Å²) in [5.41, 5.74) is 1.05. The average molecular weight is 380 g/mol. The van der Waals surface area contributed by atoms with Crippen LogP contribution in [0.5, 0.6) is 5.75 Å². The quantitative estimate of drug-likeness (QED) is 0.523. The molecule has 144 valence electrons. The molecule has 0 aliphatic heterocycles. The van der Waals surface area contributed by atoms with Crippen LogP contribution in [0.15, 0.2) is 60.7 Å². The molecule has 1 amide bonds. The lowest BCUT2D eigenvalue weighted by Crippen LogP contribution is -2.19. The summed E-state index contributed by atoms with van der Waals surface area (Å²) in [6.07, 6.45) is -0.658. The Balaban J connectivity index is 1.91. The number of para-hydroxylation sites is 1. The first-order valence-electron chi connectivity index (χ1n) is 8.63. The Morgan fingerprint density at radius 2 is 1.75 bits per heavy atom. The summed E-state index contributed by atoms with van der Waals surface area (Å²) in [5, 5.41) is 18.1. The van der Waals surface area contributed by atoms with E-state index in [4.69, 9.17) is 4.74 Å². The molecule has 3 aromatic rings. The minimum atomic E-state index is -0.658. The van der Waals surface area contributed by atoms with Crippen molar-refractivity contribution in [3.63, 3.8) is 0 Å². The molecule has 0 spiro atoms. The van der Waals surface area contributed by atoms with Gasteiger partial charge in [-0.25, -0.2) is 9.48 Å². The van der Waals surface area contributed by atoms with Crippen molar-refractivity contribution in [1.29, 1.82) is 0 Å². The summed E-state index contributed by atoms with van der Waals surface area (Å²) in [7, 11) is 0. The zero-order chi connectivity index (χ0) is 20.3. The van der Waals surface area contributed by atoms with Crippen LogP contribution in [-0.4, -0.2) is 20.8 Å². The number of ether oxygens (including phenoxy) is 1. The molecular formula is C20H20N4O4. The van der Waals surface area contributed by atoms with Crippen LogP contribution < -0.4 is 10.1 Å². The Hall–Kier alpha value is -3.68. The van der Waals surface area contributed by atoms with Crippen LogP contribution in [0.4, 0.5) is 16.3 Å². The Bertz CT molecular complexity index is 989. The molecule has 0 unspecified atom stereocenters. The number of aromatic nitrogens is 2. The van der Waals surface area contributed by atoms with Gasteiger partial charge in [-0.15, -0.1) is 0 Å². The summed E-state index contributed by atoms with van der Waals surface area (Å²) >= 11 is 0. The lowest BCUT2D eigenvalue weighted by molar-refractivity contribution is -0.384. The van der Waals surface area contributed by atoms with Crippen molar-refractivity contribution in [3.05, 3.63) is 76.5 Å². The predicted molar refractivity (Wildman–Crippen MR) is 105 cm³/mol. The van der Waals surface area contributed by atoms with Gasteiger partial charge in [0, 0.05) is 23.6 Å². The zero-order valence-corrected chi connectivity index (χ0v) is 15.7. The first-order valence-corrected chi connectivity index (χ1v) is 8.63. The van der Waals surface area contributed by atoms with Gasteiger partial charge in [0.2, 0.25) is 0 Å². The smallest absolute Gasteiger partial charge is 0.410 e. The van der Waals surface area contributed by atoms with E-state index in [9.17, 15) is 14.9 Å². The van der Waals surface area contributed by atoms with E-state index >= 15 is 0 Å². The Morgan fingerprint density at radius 3 is 2.32 bits per heavy atom. The van der Waals surface area contributed by atoms with Crippen LogP contribution in [-0.2, 0) is 5.41 Å². The van der Waals surface area contributed by atoms with Crippen LogP contribution in [0, 0.1) is 10.1 Å². The second kappa shape index (κ2) is 7.51. The second-order valence-corrected chi connectivity index (χ2v) is 7.18. The first-order chi connectivity index (χ1) is 13.2. The molecule has 0 atom stereocenters. The summed E-state index contributed by atoms with van der Waals surface area (Å²) in [4.78, 5) is 22.7. The number of amides is 1. The standard InChI is InChI=1S/C20H20N4O4/c1-20(2,3)17-13-18(21-19(25)28-16-7-5-4-6-8-16)23(22-17)14-9-11-15(12-10-14)24(26)27/h4-13H,1-3H3,(H,21,25). The molecule has 0 saturated carbocycles. The van der Waals surface area contributed by atoms with Crippen LogP contribution >= 0.6 is 0 Å². The summed E-state index contributed by atoms with van der Waals surface area (Å²) < 4.78 is 6.80. The van der Waals surface area contributed by atoms with Crippen molar-refractivity contribution < 1.29 is 14.5 Å². The van der Waals surface area contributed by atoms with Gasteiger partial charge in [-0.2, -0.15) is 5.10 Å². The maximum Gasteiger partial charge on any atom is 0.418 e. The number of carbonyl (C=O) groups excluding carboxylic acids is 1. The van der Waals surface area contributed by atoms with Gasteiger partial charge in [0.05, 0.1) is 16.3 Å². The SMILES string of the molecule is CC(C)(C)c1cc(NC(=O)Oc2ccccc2)n(-c2ccc([N+](=O)[O-])cc2)n1. The average Bonchev–Trinajstić information content (AvgIpc) is 3.06. The van der Waals surface area contributed by atoms with Crippen molar-refractivity contribution in [3.8, 4) is 11.4 Å². The van der Waals surface area contributed by atoms with Gasteiger partial charge in [0.25, 0.3) is 5.69 Å². The van der Waals surface area contributed by atoms with Crippen molar-refractivity contribution in [2.24, 2.45) is 0 Å². The Labute approximate surface area is 161 Å². The molecule has 0 fully saturated rings. The van der Waals surface area contributed by atoms with Gasteiger partial charge in [0.15, 0.2) is 0 Å². The number of nitro benzene ring substituents is 1. The summed E-state index contributed by atoms with van der Waals surface area (Å²) in [5.74, 6) is 0.817. The number of nitrogens with zero attached hydrogens (tertiary/aromatic N) is 3. The number of carbonyl (C=O) groups is 1. The summed E-state index contributed by atoms with van der Waals surface area (Å²) in [6, 6.07) is 16.4. The van der Waals surface area contributed by atoms with Gasteiger partial charge in [0.1, 0.15) is 11.6 Å². The van der Waals surface area contributed by atoms with E-state index in [0.717, 1.165) is 5.69 Å². The fraction of sp³-hybridized carbons (Fsp3) is 0.200. The third-order valence-electron chi connectivity index (χ3n) is 3.97. The molecule has 1 aromatic heterocycles. The van der Waals surface area contributed by atoms with Gasteiger partial charge in [-0.3, -0.25) is 15.4 Å². The maximum atomic E-state index is 12.3. The topological polar surface area (TPSA) is 99.3 Å². The molecule has 8 heteroatoms. The monoisotopic (exact) mass is 380 g/mol. The second-order valence-electron chi connectivity index (χ2n) is 7.18. The van der Waals surface area contributed by atoms with Crippen molar-refractivity contribution in [2.75, 3.05) is 5.32 Å². The van der Waals surface area contributed by atoms with Crippen LogP contribution in [0.25, 0.3) is 5.69 Å². The molecule has 0 aliphatic rings. The summed E-state index contributed by atoms with van der Waals surface area (Å²) in [6.45, 7) is 6.00. The molecule has 28 heavy (non-hydrogen) atoms. The highest BCUT2D eigenvalue weighted by atomic mass is 16.6. The molecule has 0 bridgehead atoms. The van der Waals surface area contributed by atoms with Crippen molar-refractivity contribution in [2.45, 2.75) is 26.2 Å². The largest absolute Gasteiger partial charge is 0.418 e. The minimum Gasteiger partial charge on any atom is -0.410 e. The highest BCUT2D eigenvalue weighted by Gasteiger charge is 2.22. The normalized spacial score (nSPS) is 11.1. The number of hydrogen-bond donors (Lipinski definition) is 1. The number of nitrogens with one attached hydrogen (secondary N) is 1. The molecule has 0 radical (unpaired) electrons. The minimum absolute atomic E-state index is 0.0232. The molecule has 3 rings (SSSR count). The molecule has 1 N–H and O–H groups in total. The van der Waals surface area contributed by atoms with Gasteiger partial charge in [-0.1, -0.05) is 39.0 Å². The van der Waals surface area contributed by atoms with Gasteiger partial charge >= 0.3 is 6.09 Å². The lowest BCUT2D eigenvalue weighted by Gasteiger charge is -2.14. The van der Waals surface area contributed by atoms with Crippen LogP contribution in [0.3, 0.4) is 0 Å². The van der Waals surface area contributed by atoms with E-state index < -0.39 is 11.0 Å². The number of hydrogen-bond acceptors (Lipinski definition) is 5. The highest BCUT2D eigenvalue weighted by molar-refractivity contribution is 5.85. The van der Waals surface area contributed by atoms with Gasteiger partial charge in [-0.05, 0) is 24.3 Å². The molecular weight excluding hydrogens is 360 g/mol. The fourth-order valence-electron chi connectivity index (χ4n) is 2.47. The number of benzene rings is 2. The molecule has 8 nitrogen and oxygen atoms in total. The van der Waals surface area contributed by atoms with E-state index in [1.165, 1.54) is 16.8 Å². The number of non-ortho nitro benzene ring substituents is 1. The molecule has 2 aromatic carbocycles. The highest BCUT2D eigenvalue weighted by Crippen LogP contribution is 2.27. The molecule has 1 heterocycles. The van der Waals surface area contributed by atoms with Gasteiger partial charge < -0.3 is 4.74 Å². The van der Waals surface area contributed by atoms with Crippen LogP contribution in [0.2, 0.25) is 0 Å². The van der Waals surface area contributed by atoms with Crippen molar-refractivity contribution >= 4 is 17.6 Å². The number of rotatable bonds is 4. The van der Waals surface area contributed by atoms with E-state index in [1.807, 2.05) is 26.8 Å². The number of nitro groups is 1. The van der Waals surface area contributed by atoms with Crippen LogP contribution in [0.1, 0.15) is 26.5 Å². The Kier molecular flexibility index (Phi) is 5.12. The number of anilines is 1. The van der Waals surface area contributed by atoms with Crippen molar-refractivity contribution in [1.82, 2.24) is 9.78 Å². The van der Waals surface area contributed by atoms with E-state index in [0.29, 0.717) is 17.3 Å². The molecule has 0 saturated heterocycles. The maximum absolute atomic E-state index is 12.3.